The van der Waals surface area contributed by atoms with Crippen molar-refractivity contribution in [1.29, 1.82) is 5.26 Å². The molecule has 0 radical (unpaired) electrons. The van der Waals surface area contributed by atoms with Gasteiger partial charge in [-0.3, -0.25) is 9.59 Å². The van der Waals surface area contributed by atoms with E-state index in [0.29, 0.717) is 12.1 Å². The van der Waals surface area contributed by atoms with Crippen LogP contribution in [0.15, 0.2) is 29.8 Å². The van der Waals surface area contributed by atoms with E-state index in [1.54, 1.807) is 11.0 Å². The van der Waals surface area contributed by atoms with Gasteiger partial charge in [-0.1, -0.05) is 37.5 Å². The Labute approximate surface area is 141 Å². The molecule has 0 bridgehead atoms. The molecule has 5 heteroatoms. The van der Waals surface area contributed by atoms with Crippen LogP contribution in [-0.4, -0.2) is 24.4 Å². The van der Waals surface area contributed by atoms with Crippen LogP contribution in [0.1, 0.15) is 44.6 Å². The summed E-state index contributed by atoms with van der Waals surface area (Å²) in [5.74, 6) is -0.699. The van der Waals surface area contributed by atoms with Crippen LogP contribution in [0.3, 0.4) is 0 Å². The van der Waals surface area contributed by atoms with Gasteiger partial charge >= 0.3 is 0 Å². The van der Waals surface area contributed by atoms with Gasteiger partial charge in [-0.2, -0.15) is 5.26 Å². The van der Waals surface area contributed by atoms with Crippen molar-refractivity contribution in [1.82, 2.24) is 5.32 Å². The van der Waals surface area contributed by atoms with Crippen molar-refractivity contribution in [3.63, 3.8) is 0 Å². The van der Waals surface area contributed by atoms with Crippen LogP contribution in [0, 0.1) is 11.3 Å². The Hall–Kier alpha value is -2.61. The highest BCUT2D eigenvalue weighted by molar-refractivity contribution is 6.37. The van der Waals surface area contributed by atoms with Gasteiger partial charge in [0, 0.05) is 18.2 Å². The minimum Gasteiger partial charge on any atom is -0.349 e. The molecule has 0 aromatic heterocycles. The molecule has 1 N–H and O–H groups in total. The Morgan fingerprint density at radius 2 is 2.00 bits per heavy atom. The molecule has 0 saturated heterocycles. The molecule has 24 heavy (non-hydrogen) atoms. The second-order valence-corrected chi connectivity index (χ2v) is 6.24. The number of para-hydroxylation sites is 1. The Kier molecular flexibility index (Phi) is 4.66. The number of amides is 2. The first-order chi connectivity index (χ1) is 11.7. The number of nitrogens with zero attached hydrogens (tertiary/aromatic N) is 2. The predicted molar refractivity (Wildman–Crippen MR) is 92.0 cm³/mol. The van der Waals surface area contributed by atoms with E-state index in [2.05, 4.69) is 5.32 Å². The van der Waals surface area contributed by atoms with Gasteiger partial charge in [0.2, 0.25) is 0 Å². The van der Waals surface area contributed by atoms with E-state index < -0.39 is 5.91 Å². The summed E-state index contributed by atoms with van der Waals surface area (Å²) in [6.07, 6.45) is 5.25. The topological polar surface area (TPSA) is 73.2 Å². The van der Waals surface area contributed by atoms with Crippen molar-refractivity contribution in [2.24, 2.45) is 0 Å². The van der Waals surface area contributed by atoms with Gasteiger partial charge < -0.3 is 10.2 Å². The zero-order chi connectivity index (χ0) is 17.1. The minimum atomic E-state index is -0.430. The number of rotatable bonds is 3. The largest absolute Gasteiger partial charge is 0.349 e. The van der Waals surface area contributed by atoms with Crippen LogP contribution in [0.5, 0.6) is 0 Å². The average Bonchev–Trinajstić information content (AvgIpc) is 2.88. The lowest BCUT2D eigenvalue weighted by atomic mass is 9.94. The zero-order valence-corrected chi connectivity index (χ0v) is 13.8. The van der Waals surface area contributed by atoms with E-state index in [0.717, 1.165) is 31.4 Å². The van der Waals surface area contributed by atoms with Crippen molar-refractivity contribution in [3.8, 4) is 6.07 Å². The van der Waals surface area contributed by atoms with Gasteiger partial charge in [0.1, 0.15) is 11.6 Å². The standard InChI is InChI=1S/C19H21N3O2/c1-2-22-16-11-7-6-10-14(16)17(19(22)24)15(12-20)18(23)21-13-8-4-3-5-9-13/h6-7,10-11,13H,2-5,8-9H2,1H3,(H,21,23)/b17-15+. The number of anilines is 1. The molecular formula is C19H21N3O2. The Morgan fingerprint density at radius 1 is 1.29 bits per heavy atom. The van der Waals surface area contributed by atoms with Gasteiger partial charge in [0.05, 0.1) is 11.3 Å². The number of fused-ring (bicyclic) bond motifs is 1. The van der Waals surface area contributed by atoms with Gasteiger partial charge in [-0.25, -0.2) is 0 Å². The normalized spacial score (nSPS) is 19.7. The lowest BCUT2D eigenvalue weighted by molar-refractivity contribution is -0.118. The maximum absolute atomic E-state index is 12.7. The van der Waals surface area contributed by atoms with Crippen LogP contribution in [0.2, 0.25) is 0 Å². The van der Waals surface area contributed by atoms with Crippen LogP contribution in [0.25, 0.3) is 5.57 Å². The molecule has 0 spiro atoms. The molecule has 1 aliphatic heterocycles. The molecule has 124 valence electrons. The Bertz CT molecular complexity index is 739. The van der Waals surface area contributed by atoms with E-state index in [1.165, 1.54) is 6.42 Å². The average molecular weight is 323 g/mol. The summed E-state index contributed by atoms with van der Waals surface area (Å²) in [7, 11) is 0. The van der Waals surface area contributed by atoms with Crippen LogP contribution < -0.4 is 10.2 Å². The molecule has 2 aliphatic rings. The number of likely N-dealkylation sites (N-methyl/N-ethyl adjacent to an activating group) is 1. The van der Waals surface area contributed by atoms with Crippen molar-refractivity contribution in [2.45, 2.75) is 45.1 Å². The van der Waals surface area contributed by atoms with Gasteiger partial charge in [-0.15, -0.1) is 0 Å². The van der Waals surface area contributed by atoms with Crippen LogP contribution >= 0.6 is 0 Å². The van der Waals surface area contributed by atoms with Gasteiger partial charge in [0.15, 0.2) is 0 Å². The molecule has 1 fully saturated rings. The summed E-state index contributed by atoms with van der Waals surface area (Å²) in [6.45, 7) is 2.38. The second-order valence-electron chi connectivity index (χ2n) is 6.24. The number of carbonyl (C=O) groups excluding carboxylic acids is 2. The molecule has 0 unspecified atom stereocenters. The maximum Gasteiger partial charge on any atom is 0.263 e. The van der Waals surface area contributed by atoms with Gasteiger partial charge in [-0.05, 0) is 25.8 Å². The zero-order valence-electron chi connectivity index (χ0n) is 13.8. The second kappa shape index (κ2) is 6.88. The van der Waals surface area contributed by atoms with Crippen LogP contribution in [0.4, 0.5) is 5.69 Å². The molecule has 2 amide bonds. The lowest BCUT2D eigenvalue weighted by Crippen LogP contribution is -2.37. The molecule has 1 saturated carbocycles. The smallest absolute Gasteiger partial charge is 0.263 e. The first kappa shape index (κ1) is 16.3. The fourth-order valence-corrected chi connectivity index (χ4v) is 3.56. The number of nitriles is 1. The summed E-state index contributed by atoms with van der Waals surface area (Å²) >= 11 is 0. The van der Waals surface area contributed by atoms with Crippen molar-refractivity contribution >= 4 is 23.1 Å². The summed E-state index contributed by atoms with van der Waals surface area (Å²) in [5, 5.41) is 12.5. The molecular weight excluding hydrogens is 302 g/mol. The first-order valence-electron chi connectivity index (χ1n) is 8.53. The quantitative estimate of drug-likeness (QED) is 0.686. The molecule has 1 heterocycles. The minimum absolute atomic E-state index is 0.0750. The third kappa shape index (κ3) is 2.80. The van der Waals surface area contributed by atoms with E-state index >= 15 is 0 Å². The molecule has 5 nitrogen and oxygen atoms in total. The highest BCUT2D eigenvalue weighted by Crippen LogP contribution is 2.38. The van der Waals surface area contributed by atoms with Crippen molar-refractivity contribution in [2.75, 3.05) is 11.4 Å². The number of nitrogens with one attached hydrogen (secondary N) is 1. The number of carbonyl (C=O) groups is 2. The SMILES string of the molecule is CCN1C(=O)/C(=C(\C#N)C(=O)NC2CCCCC2)c2ccccc21. The lowest BCUT2D eigenvalue weighted by Gasteiger charge is -2.22. The number of hydrogen-bond donors (Lipinski definition) is 1. The third-order valence-electron chi connectivity index (χ3n) is 4.77. The number of hydrogen-bond acceptors (Lipinski definition) is 3. The molecule has 1 aromatic rings. The van der Waals surface area contributed by atoms with E-state index in [9.17, 15) is 14.9 Å². The van der Waals surface area contributed by atoms with E-state index in [4.69, 9.17) is 0 Å². The molecule has 1 aromatic carbocycles. The Morgan fingerprint density at radius 3 is 2.67 bits per heavy atom. The highest BCUT2D eigenvalue weighted by atomic mass is 16.2. The molecule has 0 atom stereocenters. The highest BCUT2D eigenvalue weighted by Gasteiger charge is 2.35. The van der Waals surface area contributed by atoms with Crippen molar-refractivity contribution < 1.29 is 9.59 Å². The Balaban J connectivity index is 1.97. The molecule has 3 rings (SSSR count). The third-order valence-corrected chi connectivity index (χ3v) is 4.77. The monoisotopic (exact) mass is 323 g/mol. The predicted octanol–water partition coefficient (Wildman–Crippen LogP) is 2.78. The fourth-order valence-electron chi connectivity index (χ4n) is 3.56. The fraction of sp³-hybridized carbons (Fsp3) is 0.421. The summed E-state index contributed by atoms with van der Waals surface area (Å²) in [6, 6.07) is 9.38. The van der Waals surface area contributed by atoms with Crippen molar-refractivity contribution in [3.05, 3.63) is 35.4 Å². The van der Waals surface area contributed by atoms with E-state index in [-0.39, 0.29) is 23.1 Å². The number of benzene rings is 1. The van der Waals surface area contributed by atoms with Gasteiger partial charge in [0.25, 0.3) is 11.8 Å². The summed E-state index contributed by atoms with van der Waals surface area (Å²) in [5.41, 5.74) is 1.58. The van der Waals surface area contributed by atoms with E-state index in [1.807, 2.05) is 31.2 Å². The maximum atomic E-state index is 12.7. The van der Waals surface area contributed by atoms with Crippen LogP contribution in [-0.2, 0) is 9.59 Å². The summed E-state index contributed by atoms with van der Waals surface area (Å²) in [4.78, 5) is 27.0. The summed E-state index contributed by atoms with van der Waals surface area (Å²) < 4.78 is 0. The molecule has 1 aliphatic carbocycles. The first-order valence-corrected chi connectivity index (χ1v) is 8.53.